The molecule has 8 atom stereocenters. The minimum Gasteiger partial charge on any atom is -0.480 e. The number of carbonyl (C=O) groups excluding carboxylic acids is 5. The Kier molecular flexibility index (Phi) is 17.8. The van der Waals surface area contributed by atoms with Crippen molar-refractivity contribution in [1.29, 1.82) is 0 Å². The largest absolute Gasteiger partial charge is 0.480 e. The summed E-state index contributed by atoms with van der Waals surface area (Å²) in [6, 6.07) is 3.11. The number of hydrogen-bond donors (Lipinski definition) is 7. The predicted molar refractivity (Wildman–Crippen MR) is 184 cm³/mol. The van der Waals surface area contributed by atoms with Crippen LogP contribution in [0.25, 0.3) is 0 Å². The van der Waals surface area contributed by atoms with Crippen LogP contribution in [0, 0.1) is 23.7 Å². The molecule has 0 aliphatic carbocycles. The molecule has 0 fully saturated rings. The van der Waals surface area contributed by atoms with Gasteiger partial charge in [-0.15, -0.1) is 0 Å². The van der Waals surface area contributed by atoms with Crippen LogP contribution in [0.3, 0.4) is 0 Å². The quantitative estimate of drug-likeness (QED) is 0.108. The van der Waals surface area contributed by atoms with Crippen molar-refractivity contribution in [2.24, 2.45) is 29.4 Å². The van der Waals surface area contributed by atoms with Crippen LogP contribution in [0.5, 0.6) is 0 Å². The summed E-state index contributed by atoms with van der Waals surface area (Å²) in [7, 11) is 0. The molecule has 0 aliphatic heterocycles. The Bertz CT molecular complexity index is 1230. The standard InChI is InChI=1S/C35H58N6O7/c1-10-21(7)28(40-30(42)23(9)37-31(43)25(36)18-24-15-13-12-14-16-24)34(46)38-26(17-19(3)4)32(44)39-27(20(5)6)33(45)41-29(35(47)48)22(8)11-2/h12-16,19-23,25-29H,10-11,17-18,36H2,1-9H3,(H,37,43)(H,38,46)(H,39,44)(H,40,42)(H,41,45)(H,47,48)/t21-,22-,23-,25-,26-,27-,28-,29-/m0/s1. The summed E-state index contributed by atoms with van der Waals surface area (Å²) >= 11 is 0. The van der Waals surface area contributed by atoms with E-state index >= 15 is 0 Å². The molecule has 13 heteroatoms. The fourth-order valence-corrected chi connectivity index (χ4v) is 5.01. The van der Waals surface area contributed by atoms with Gasteiger partial charge in [-0.05, 0) is 49.0 Å². The third kappa shape index (κ3) is 13.6. The summed E-state index contributed by atoms with van der Waals surface area (Å²) < 4.78 is 0. The summed E-state index contributed by atoms with van der Waals surface area (Å²) in [5, 5.41) is 23.0. The Hall–Kier alpha value is -4.00. The van der Waals surface area contributed by atoms with Gasteiger partial charge < -0.3 is 37.4 Å². The number of aliphatic carboxylic acids is 1. The summed E-state index contributed by atoms with van der Waals surface area (Å²) in [6.07, 6.45) is 1.58. The fraction of sp³-hybridized carbons (Fsp3) is 0.657. The average Bonchev–Trinajstić information content (AvgIpc) is 3.03. The Labute approximate surface area is 285 Å². The monoisotopic (exact) mass is 674 g/mol. The fourth-order valence-electron chi connectivity index (χ4n) is 5.01. The SMILES string of the molecule is CC[C@H](C)[C@H](NC(=O)[C@@H](NC(=O)[C@H](CC(C)C)NC(=O)[C@@H](NC(=O)[C@H](C)NC(=O)[C@@H](N)Cc1ccccc1)[C@@H](C)CC)C(C)C)C(=O)O. The minimum absolute atomic E-state index is 0.0267. The second-order valence-corrected chi connectivity index (χ2v) is 13.5. The lowest BCUT2D eigenvalue weighted by atomic mass is 9.95. The molecule has 48 heavy (non-hydrogen) atoms. The van der Waals surface area contributed by atoms with Crippen molar-refractivity contribution in [3.8, 4) is 0 Å². The van der Waals surface area contributed by atoms with Crippen molar-refractivity contribution in [3.05, 3.63) is 35.9 Å². The number of rotatable bonds is 20. The molecule has 0 radical (unpaired) electrons. The van der Waals surface area contributed by atoms with Crippen molar-refractivity contribution in [2.45, 2.75) is 124 Å². The van der Waals surface area contributed by atoms with E-state index in [0.29, 0.717) is 12.8 Å². The highest BCUT2D eigenvalue weighted by Gasteiger charge is 2.35. The number of benzene rings is 1. The molecule has 270 valence electrons. The van der Waals surface area contributed by atoms with E-state index in [1.165, 1.54) is 6.92 Å². The zero-order chi connectivity index (χ0) is 36.7. The van der Waals surface area contributed by atoms with Gasteiger partial charge in [0.2, 0.25) is 29.5 Å². The third-order valence-electron chi connectivity index (χ3n) is 8.54. The molecule has 1 aromatic rings. The second-order valence-electron chi connectivity index (χ2n) is 13.5. The van der Waals surface area contributed by atoms with Gasteiger partial charge in [0.15, 0.2) is 0 Å². The maximum absolute atomic E-state index is 13.7. The molecule has 0 aliphatic rings. The Morgan fingerprint density at radius 2 is 1.15 bits per heavy atom. The number of carbonyl (C=O) groups is 6. The predicted octanol–water partition coefficient (Wildman–Crippen LogP) is 1.88. The van der Waals surface area contributed by atoms with Gasteiger partial charge in [0.05, 0.1) is 6.04 Å². The van der Waals surface area contributed by atoms with Gasteiger partial charge in [0.25, 0.3) is 0 Å². The van der Waals surface area contributed by atoms with Crippen molar-refractivity contribution in [2.75, 3.05) is 0 Å². The van der Waals surface area contributed by atoms with Crippen LogP contribution in [0.4, 0.5) is 0 Å². The number of nitrogens with one attached hydrogen (secondary N) is 5. The molecule has 0 heterocycles. The van der Waals surface area contributed by atoms with Crippen LogP contribution in [-0.2, 0) is 35.2 Å². The molecule has 8 N–H and O–H groups in total. The lowest BCUT2D eigenvalue weighted by Gasteiger charge is -2.30. The van der Waals surface area contributed by atoms with E-state index in [9.17, 15) is 33.9 Å². The first-order chi connectivity index (χ1) is 22.4. The lowest BCUT2D eigenvalue weighted by Crippen LogP contribution is -2.61. The van der Waals surface area contributed by atoms with Crippen molar-refractivity contribution < 1.29 is 33.9 Å². The Morgan fingerprint density at radius 3 is 1.65 bits per heavy atom. The minimum atomic E-state index is -1.17. The highest BCUT2D eigenvalue weighted by Crippen LogP contribution is 2.14. The van der Waals surface area contributed by atoms with Crippen LogP contribution < -0.4 is 32.3 Å². The zero-order valence-electron chi connectivity index (χ0n) is 30.0. The van der Waals surface area contributed by atoms with E-state index in [1.54, 1.807) is 27.7 Å². The molecular formula is C35H58N6O7. The van der Waals surface area contributed by atoms with Gasteiger partial charge in [-0.3, -0.25) is 24.0 Å². The van der Waals surface area contributed by atoms with E-state index in [4.69, 9.17) is 5.73 Å². The van der Waals surface area contributed by atoms with Crippen LogP contribution >= 0.6 is 0 Å². The van der Waals surface area contributed by atoms with E-state index in [0.717, 1.165) is 5.56 Å². The van der Waals surface area contributed by atoms with Crippen LogP contribution in [0.15, 0.2) is 30.3 Å². The van der Waals surface area contributed by atoms with Crippen molar-refractivity contribution >= 4 is 35.5 Å². The molecule has 0 bridgehead atoms. The molecule has 13 nitrogen and oxygen atoms in total. The van der Waals surface area contributed by atoms with Gasteiger partial charge in [0, 0.05) is 0 Å². The molecule has 0 aromatic heterocycles. The molecule has 1 aromatic carbocycles. The number of carboxylic acids is 1. The van der Waals surface area contributed by atoms with Gasteiger partial charge >= 0.3 is 5.97 Å². The number of nitrogens with two attached hydrogens (primary N) is 1. The molecule has 0 saturated carbocycles. The van der Waals surface area contributed by atoms with Gasteiger partial charge in [-0.2, -0.15) is 0 Å². The summed E-state index contributed by atoms with van der Waals surface area (Å²) in [4.78, 5) is 78.1. The van der Waals surface area contributed by atoms with Gasteiger partial charge in [-0.1, -0.05) is 98.6 Å². The molecule has 0 unspecified atom stereocenters. The first-order valence-electron chi connectivity index (χ1n) is 17.0. The third-order valence-corrected chi connectivity index (χ3v) is 8.54. The Balaban J connectivity index is 3.06. The maximum Gasteiger partial charge on any atom is 0.326 e. The summed E-state index contributed by atoms with van der Waals surface area (Å²) in [6.45, 7) is 15.9. The van der Waals surface area contributed by atoms with Gasteiger partial charge in [-0.25, -0.2) is 4.79 Å². The number of amides is 5. The topological polar surface area (TPSA) is 209 Å². The molecule has 0 saturated heterocycles. The van der Waals surface area contributed by atoms with E-state index in [2.05, 4.69) is 26.6 Å². The Morgan fingerprint density at radius 1 is 0.646 bits per heavy atom. The van der Waals surface area contributed by atoms with Gasteiger partial charge in [0.1, 0.15) is 30.2 Å². The highest BCUT2D eigenvalue weighted by molar-refractivity contribution is 5.96. The normalized spacial score (nSPS) is 16.3. The van der Waals surface area contributed by atoms with Crippen LogP contribution in [0.2, 0.25) is 0 Å². The second kappa shape index (κ2) is 20.4. The summed E-state index contributed by atoms with van der Waals surface area (Å²) in [5.74, 6) is -5.19. The first-order valence-corrected chi connectivity index (χ1v) is 17.0. The first kappa shape index (κ1) is 42.0. The smallest absolute Gasteiger partial charge is 0.326 e. The lowest BCUT2D eigenvalue weighted by molar-refractivity contribution is -0.144. The van der Waals surface area contributed by atoms with Crippen molar-refractivity contribution in [3.63, 3.8) is 0 Å². The zero-order valence-corrected chi connectivity index (χ0v) is 30.0. The summed E-state index contributed by atoms with van der Waals surface area (Å²) in [5.41, 5.74) is 6.95. The number of carboxylic acid groups (broad SMARTS) is 1. The molecular weight excluding hydrogens is 616 g/mol. The molecule has 0 spiro atoms. The number of hydrogen-bond acceptors (Lipinski definition) is 7. The van der Waals surface area contributed by atoms with E-state index in [-0.39, 0.29) is 36.5 Å². The van der Waals surface area contributed by atoms with E-state index < -0.39 is 71.8 Å². The molecule has 1 rings (SSSR count). The van der Waals surface area contributed by atoms with Crippen LogP contribution in [-0.4, -0.2) is 76.9 Å². The highest BCUT2D eigenvalue weighted by atomic mass is 16.4. The van der Waals surface area contributed by atoms with E-state index in [1.807, 2.05) is 58.0 Å². The van der Waals surface area contributed by atoms with Crippen LogP contribution in [0.1, 0.15) is 87.1 Å². The average molecular weight is 675 g/mol. The maximum atomic E-state index is 13.7. The molecule has 5 amide bonds. The van der Waals surface area contributed by atoms with Crippen molar-refractivity contribution in [1.82, 2.24) is 26.6 Å².